The summed E-state index contributed by atoms with van der Waals surface area (Å²) in [6.45, 7) is 15.8. The van der Waals surface area contributed by atoms with Crippen LogP contribution in [0.3, 0.4) is 0 Å². The van der Waals surface area contributed by atoms with Crippen LogP contribution in [0.4, 0.5) is 0 Å². The van der Waals surface area contributed by atoms with E-state index in [9.17, 15) is 0 Å². The summed E-state index contributed by atoms with van der Waals surface area (Å²) in [4.78, 5) is 2.15. The minimum absolute atomic E-state index is 1.07. The van der Waals surface area contributed by atoms with E-state index in [1.165, 1.54) is 17.0 Å². The largest absolute Gasteiger partial charge is 0.352 e. The van der Waals surface area contributed by atoms with E-state index in [0.29, 0.717) is 0 Å². The zero-order chi connectivity index (χ0) is 12.7. The Morgan fingerprint density at radius 1 is 1.00 bits per heavy atom. The molecule has 0 atom stereocenters. The maximum Gasteiger partial charge on any atom is 0.0145 e. The van der Waals surface area contributed by atoms with Gasteiger partial charge in [0.15, 0.2) is 0 Å². The highest BCUT2D eigenvalue weighted by atomic mass is 15.1. The van der Waals surface area contributed by atoms with Gasteiger partial charge in [-0.3, -0.25) is 0 Å². The monoisotopic (exact) mass is 217 g/mol. The van der Waals surface area contributed by atoms with Crippen LogP contribution < -0.4 is 0 Å². The van der Waals surface area contributed by atoms with Gasteiger partial charge < -0.3 is 4.90 Å². The van der Waals surface area contributed by atoms with Crippen LogP contribution in [0.2, 0.25) is 0 Å². The lowest BCUT2D eigenvalue weighted by atomic mass is 10.2. The zero-order valence-corrected chi connectivity index (χ0v) is 11.2. The highest BCUT2D eigenvalue weighted by Gasteiger charge is 2.00. The minimum atomic E-state index is 1.07. The molecule has 0 aromatic heterocycles. The van der Waals surface area contributed by atoms with E-state index in [1.807, 2.05) is 13.0 Å². The van der Waals surface area contributed by atoms with E-state index >= 15 is 0 Å². The van der Waals surface area contributed by atoms with Gasteiger partial charge in [-0.05, 0) is 45.4 Å². The third kappa shape index (κ3) is 5.40. The minimum Gasteiger partial charge on any atom is -0.352 e. The van der Waals surface area contributed by atoms with Gasteiger partial charge in [0.05, 0.1) is 0 Å². The summed E-state index contributed by atoms with van der Waals surface area (Å²) in [6.07, 6.45) is 8.01. The normalized spacial score (nSPS) is 13.7. The predicted molar refractivity (Wildman–Crippen MR) is 74.0 cm³/mol. The fraction of sp³-hybridized carbons (Fsp3) is 0.333. The molecule has 0 radical (unpaired) electrons. The molecule has 0 unspecified atom stereocenters. The van der Waals surface area contributed by atoms with Crippen molar-refractivity contribution in [3.05, 3.63) is 60.0 Å². The Morgan fingerprint density at radius 2 is 1.50 bits per heavy atom. The van der Waals surface area contributed by atoms with E-state index in [-0.39, 0.29) is 0 Å². The molecule has 0 aliphatic carbocycles. The van der Waals surface area contributed by atoms with Gasteiger partial charge in [0.25, 0.3) is 0 Å². The number of allylic oxidation sites excluding steroid dienone is 8. The van der Waals surface area contributed by atoms with Gasteiger partial charge in [-0.2, -0.15) is 0 Å². The van der Waals surface area contributed by atoms with Crippen LogP contribution in [0.15, 0.2) is 60.0 Å². The van der Waals surface area contributed by atoms with Gasteiger partial charge in [0, 0.05) is 18.4 Å². The van der Waals surface area contributed by atoms with E-state index in [0.717, 1.165) is 5.57 Å². The molecule has 0 rings (SSSR count). The first-order chi connectivity index (χ1) is 7.38. The average Bonchev–Trinajstić information content (AvgIpc) is 2.15. The average molecular weight is 217 g/mol. The molecule has 0 bridgehead atoms. The molecule has 0 saturated carbocycles. The summed E-state index contributed by atoms with van der Waals surface area (Å²) in [5.74, 6) is 0. The second-order valence-electron chi connectivity index (χ2n) is 4.12. The highest BCUT2D eigenvalue weighted by Crippen LogP contribution is 2.13. The highest BCUT2D eigenvalue weighted by molar-refractivity contribution is 5.26. The Hall–Kier alpha value is -1.50. The summed E-state index contributed by atoms with van der Waals surface area (Å²) >= 11 is 0. The molecule has 1 heteroatoms. The van der Waals surface area contributed by atoms with Crippen molar-refractivity contribution in [1.82, 2.24) is 4.90 Å². The molecule has 0 aliphatic heterocycles. The van der Waals surface area contributed by atoms with Crippen LogP contribution in [0.1, 0.15) is 27.7 Å². The second kappa shape index (κ2) is 6.89. The molecular formula is C15H23N. The Kier molecular flexibility index (Phi) is 6.24. The molecule has 0 saturated heterocycles. The van der Waals surface area contributed by atoms with Crippen LogP contribution >= 0.6 is 0 Å². The number of rotatable bonds is 5. The molecule has 88 valence electrons. The van der Waals surface area contributed by atoms with Crippen LogP contribution in [0, 0.1) is 0 Å². The Labute approximate surface area is 100 Å². The molecule has 0 aliphatic rings. The Balaban J connectivity index is 4.86. The first-order valence-electron chi connectivity index (χ1n) is 5.43. The Bertz CT molecular complexity index is 354. The number of hydrogen-bond donors (Lipinski definition) is 0. The van der Waals surface area contributed by atoms with Crippen molar-refractivity contribution in [2.24, 2.45) is 0 Å². The van der Waals surface area contributed by atoms with E-state index in [4.69, 9.17) is 0 Å². The van der Waals surface area contributed by atoms with Crippen molar-refractivity contribution < 1.29 is 0 Å². The smallest absolute Gasteiger partial charge is 0.0145 e. The van der Waals surface area contributed by atoms with Gasteiger partial charge in [-0.15, -0.1) is 0 Å². The SMILES string of the molecule is C=C/C=C(C)\C=C(/C)N(C)/C(C)=C\C(=C)C. The molecule has 0 amide bonds. The summed E-state index contributed by atoms with van der Waals surface area (Å²) in [5, 5.41) is 0. The van der Waals surface area contributed by atoms with Crippen molar-refractivity contribution in [3.63, 3.8) is 0 Å². The van der Waals surface area contributed by atoms with Crippen molar-refractivity contribution in [2.75, 3.05) is 7.05 Å². The summed E-state index contributed by atoms with van der Waals surface area (Å²) in [7, 11) is 2.06. The molecule has 0 spiro atoms. The van der Waals surface area contributed by atoms with E-state index < -0.39 is 0 Å². The van der Waals surface area contributed by atoms with Gasteiger partial charge in [-0.25, -0.2) is 0 Å². The summed E-state index contributed by atoms with van der Waals surface area (Å²) < 4.78 is 0. The summed E-state index contributed by atoms with van der Waals surface area (Å²) in [5.41, 5.74) is 4.65. The predicted octanol–water partition coefficient (Wildman–Crippen LogP) is 4.43. The molecule has 0 aromatic rings. The quantitative estimate of drug-likeness (QED) is 0.616. The molecule has 0 fully saturated rings. The van der Waals surface area contributed by atoms with E-state index in [2.05, 4.69) is 58.0 Å². The molecule has 0 heterocycles. The second-order valence-corrected chi connectivity index (χ2v) is 4.12. The van der Waals surface area contributed by atoms with Gasteiger partial charge in [0.2, 0.25) is 0 Å². The van der Waals surface area contributed by atoms with Crippen LogP contribution in [0.5, 0.6) is 0 Å². The molecular weight excluding hydrogens is 194 g/mol. The van der Waals surface area contributed by atoms with Crippen LogP contribution in [0.25, 0.3) is 0 Å². The van der Waals surface area contributed by atoms with Crippen molar-refractivity contribution in [1.29, 1.82) is 0 Å². The van der Waals surface area contributed by atoms with Crippen molar-refractivity contribution in [2.45, 2.75) is 27.7 Å². The van der Waals surface area contributed by atoms with Crippen molar-refractivity contribution >= 4 is 0 Å². The molecule has 0 N–H and O–H groups in total. The fourth-order valence-corrected chi connectivity index (χ4v) is 1.39. The van der Waals surface area contributed by atoms with Crippen molar-refractivity contribution in [3.8, 4) is 0 Å². The number of hydrogen-bond acceptors (Lipinski definition) is 1. The molecule has 0 aromatic carbocycles. The third-order valence-electron chi connectivity index (χ3n) is 2.33. The maximum atomic E-state index is 3.88. The van der Waals surface area contributed by atoms with Gasteiger partial charge in [-0.1, -0.05) is 30.9 Å². The Morgan fingerprint density at radius 3 is 1.94 bits per heavy atom. The topological polar surface area (TPSA) is 3.24 Å². The van der Waals surface area contributed by atoms with Crippen LogP contribution in [-0.2, 0) is 0 Å². The zero-order valence-electron chi connectivity index (χ0n) is 11.2. The lowest BCUT2D eigenvalue weighted by molar-refractivity contribution is 0.520. The third-order valence-corrected chi connectivity index (χ3v) is 2.33. The van der Waals surface area contributed by atoms with E-state index in [1.54, 1.807) is 6.08 Å². The lowest BCUT2D eigenvalue weighted by Crippen LogP contribution is -2.13. The van der Waals surface area contributed by atoms with Crippen LogP contribution in [-0.4, -0.2) is 11.9 Å². The lowest BCUT2D eigenvalue weighted by Gasteiger charge is -2.21. The van der Waals surface area contributed by atoms with Gasteiger partial charge in [0.1, 0.15) is 0 Å². The first kappa shape index (κ1) is 14.5. The molecule has 16 heavy (non-hydrogen) atoms. The summed E-state index contributed by atoms with van der Waals surface area (Å²) in [6, 6.07) is 0. The maximum absolute atomic E-state index is 3.88. The fourth-order valence-electron chi connectivity index (χ4n) is 1.39. The first-order valence-corrected chi connectivity index (χ1v) is 5.43. The molecule has 1 nitrogen and oxygen atoms in total. The van der Waals surface area contributed by atoms with Gasteiger partial charge >= 0.3 is 0 Å². The number of nitrogens with zero attached hydrogens (tertiary/aromatic N) is 1. The standard InChI is InChI=1S/C15H23N/c1-8-9-13(4)11-15(6)16(7)14(5)10-12(2)3/h8-11H,1-2H2,3-7H3/b13-9-,14-10-,15-11+.